The van der Waals surface area contributed by atoms with Crippen LogP contribution in [0.2, 0.25) is 0 Å². The van der Waals surface area contributed by atoms with E-state index in [4.69, 9.17) is 9.84 Å². The van der Waals surface area contributed by atoms with Gasteiger partial charge >= 0.3 is 5.97 Å². The van der Waals surface area contributed by atoms with Gasteiger partial charge in [-0.2, -0.15) is 0 Å². The first kappa shape index (κ1) is 11.2. The minimum Gasteiger partial charge on any atom is -0.495 e. The molecule has 0 aliphatic rings. The van der Waals surface area contributed by atoms with Gasteiger partial charge in [-0.3, -0.25) is 4.79 Å². The van der Waals surface area contributed by atoms with Crippen molar-refractivity contribution in [2.75, 3.05) is 7.11 Å². The van der Waals surface area contributed by atoms with Crippen LogP contribution >= 0.6 is 0 Å². The molecule has 17 heavy (non-hydrogen) atoms. The highest BCUT2D eigenvalue weighted by molar-refractivity contribution is 5.94. The van der Waals surface area contributed by atoms with Crippen molar-refractivity contribution in [1.29, 1.82) is 0 Å². The number of H-pyrrole nitrogens is 1. The predicted molar refractivity (Wildman–Crippen MR) is 62.8 cm³/mol. The molecule has 0 atom stereocenters. The number of aromatic carboxylic acids is 1. The quantitative estimate of drug-likeness (QED) is 0.824. The largest absolute Gasteiger partial charge is 0.495 e. The van der Waals surface area contributed by atoms with Gasteiger partial charge in [-0.15, -0.1) is 0 Å². The normalized spacial score (nSPS) is 10.5. The molecule has 1 aromatic carbocycles. The van der Waals surface area contributed by atoms with Crippen LogP contribution in [0.5, 0.6) is 5.75 Å². The fraction of sp³-hybridized carbons (Fsp3) is 0.167. The summed E-state index contributed by atoms with van der Waals surface area (Å²) in [6.45, 7) is 1.81. The van der Waals surface area contributed by atoms with E-state index < -0.39 is 11.4 Å². The first-order chi connectivity index (χ1) is 8.04. The maximum Gasteiger partial charge on any atom is 0.341 e. The van der Waals surface area contributed by atoms with Crippen molar-refractivity contribution in [2.24, 2.45) is 0 Å². The van der Waals surface area contributed by atoms with E-state index in [1.54, 1.807) is 12.1 Å². The molecule has 0 spiro atoms. The average molecular weight is 233 g/mol. The second-order valence-corrected chi connectivity index (χ2v) is 3.73. The maximum atomic E-state index is 11.9. The zero-order valence-corrected chi connectivity index (χ0v) is 9.40. The summed E-state index contributed by atoms with van der Waals surface area (Å²) in [7, 11) is 1.50. The van der Waals surface area contributed by atoms with Gasteiger partial charge in [0.2, 0.25) is 5.43 Å². The van der Waals surface area contributed by atoms with Gasteiger partial charge in [0, 0.05) is 6.20 Å². The third-order valence-electron chi connectivity index (χ3n) is 2.55. The van der Waals surface area contributed by atoms with Crippen LogP contribution in [0.25, 0.3) is 10.9 Å². The number of nitrogens with one attached hydrogen (secondary N) is 1. The van der Waals surface area contributed by atoms with Crippen LogP contribution in [0.3, 0.4) is 0 Å². The zero-order valence-electron chi connectivity index (χ0n) is 9.40. The van der Waals surface area contributed by atoms with Gasteiger partial charge in [0.1, 0.15) is 11.3 Å². The Morgan fingerprint density at radius 1 is 1.41 bits per heavy atom. The maximum absolute atomic E-state index is 11.9. The Morgan fingerprint density at radius 2 is 2.12 bits per heavy atom. The number of aryl methyl sites for hydroxylation is 1. The SMILES string of the molecule is COc1cc(C)cc2c(=O)c(C(=O)O)c[nH]c12. The molecule has 0 aliphatic heterocycles. The zero-order chi connectivity index (χ0) is 12.6. The number of pyridine rings is 1. The number of aromatic amines is 1. The Labute approximate surface area is 96.7 Å². The lowest BCUT2D eigenvalue weighted by atomic mass is 10.1. The van der Waals surface area contributed by atoms with Gasteiger partial charge in [-0.05, 0) is 24.6 Å². The minimum atomic E-state index is -1.24. The van der Waals surface area contributed by atoms with E-state index in [-0.39, 0.29) is 5.56 Å². The highest BCUT2D eigenvalue weighted by Crippen LogP contribution is 2.23. The summed E-state index contributed by atoms with van der Waals surface area (Å²) in [5.41, 5.74) is 0.564. The van der Waals surface area contributed by atoms with Crippen molar-refractivity contribution in [2.45, 2.75) is 6.92 Å². The smallest absolute Gasteiger partial charge is 0.341 e. The molecule has 0 saturated carbocycles. The van der Waals surface area contributed by atoms with Crippen molar-refractivity contribution in [1.82, 2.24) is 4.98 Å². The van der Waals surface area contributed by atoms with E-state index in [2.05, 4.69) is 4.98 Å². The van der Waals surface area contributed by atoms with Crippen molar-refractivity contribution in [3.05, 3.63) is 39.7 Å². The number of carbonyl (C=O) groups is 1. The summed E-state index contributed by atoms with van der Waals surface area (Å²) < 4.78 is 5.15. The molecule has 2 rings (SSSR count). The molecule has 0 unspecified atom stereocenters. The third kappa shape index (κ3) is 1.75. The molecule has 2 aromatic rings. The number of hydrogen-bond donors (Lipinski definition) is 2. The second kappa shape index (κ2) is 3.93. The summed E-state index contributed by atoms with van der Waals surface area (Å²) in [6, 6.07) is 3.42. The van der Waals surface area contributed by atoms with E-state index in [1.807, 2.05) is 6.92 Å². The Bertz CT molecular complexity index is 657. The number of methoxy groups -OCH3 is 1. The lowest BCUT2D eigenvalue weighted by Crippen LogP contribution is -2.15. The molecular weight excluding hydrogens is 222 g/mol. The Balaban J connectivity index is 2.91. The molecule has 0 fully saturated rings. The Kier molecular flexibility index (Phi) is 2.59. The molecule has 1 aromatic heterocycles. The molecule has 0 bridgehead atoms. The van der Waals surface area contributed by atoms with Crippen LogP contribution in [0, 0.1) is 6.92 Å². The van der Waals surface area contributed by atoms with Crippen molar-refractivity contribution >= 4 is 16.9 Å². The van der Waals surface area contributed by atoms with Crippen LogP contribution in [-0.2, 0) is 0 Å². The monoisotopic (exact) mass is 233 g/mol. The van der Waals surface area contributed by atoms with E-state index in [0.717, 1.165) is 5.56 Å². The third-order valence-corrected chi connectivity index (χ3v) is 2.55. The number of benzene rings is 1. The van der Waals surface area contributed by atoms with Crippen molar-refractivity contribution < 1.29 is 14.6 Å². The molecule has 0 radical (unpaired) electrons. The fourth-order valence-electron chi connectivity index (χ4n) is 1.76. The van der Waals surface area contributed by atoms with Gasteiger partial charge in [0.25, 0.3) is 0 Å². The summed E-state index contributed by atoms with van der Waals surface area (Å²) >= 11 is 0. The molecule has 0 saturated heterocycles. The number of ether oxygens (including phenoxy) is 1. The number of carboxylic acids is 1. The van der Waals surface area contributed by atoms with E-state index >= 15 is 0 Å². The number of aromatic nitrogens is 1. The van der Waals surface area contributed by atoms with Gasteiger partial charge in [0.15, 0.2) is 0 Å². The van der Waals surface area contributed by atoms with Gasteiger partial charge in [-0.1, -0.05) is 0 Å². The first-order valence-electron chi connectivity index (χ1n) is 4.98. The van der Waals surface area contributed by atoms with Crippen molar-refractivity contribution in [3.63, 3.8) is 0 Å². The molecule has 2 N–H and O–H groups in total. The summed E-state index contributed by atoms with van der Waals surface area (Å²) in [5.74, 6) is -0.720. The van der Waals surface area contributed by atoms with E-state index in [1.165, 1.54) is 13.3 Å². The molecule has 88 valence electrons. The number of fused-ring (bicyclic) bond motifs is 1. The minimum absolute atomic E-state index is 0.273. The molecule has 0 amide bonds. The van der Waals surface area contributed by atoms with Crippen LogP contribution in [-0.4, -0.2) is 23.2 Å². The highest BCUT2D eigenvalue weighted by atomic mass is 16.5. The number of hydrogen-bond acceptors (Lipinski definition) is 3. The fourth-order valence-corrected chi connectivity index (χ4v) is 1.76. The number of carboxylic acid groups (broad SMARTS) is 1. The van der Waals surface area contributed by atoms with Crippen LogP contribution in [0.4, 0.5) is 0 Å². The summed E-state index contributed by atoms with van der Waals surface area (Å²) in [6.07, 6.45) is 1.19. The molecule has 5 heteroatoms. The van der Waals surface area contributed by atoms with Crippen molar-refractivity contribution in [3.8, 4) is 5.75 Å². The van der Waals surface area contributed by atoms with Crippen LogP contribution in [0.15, 0.2) is 23.1 Å². The summed E-state index contributed by atoms with van der Waals surface area (Å²) in [5, 5.41) is 9.19. The van der Waals surface area contributed by atoms with Crippen LogP contribution in [0.1, 0.15) is 15.9 Å². The standard InChI is InChI=1S/C12H11NO4/c1-6-3-7-10(9(4-6)17-2)13-5-8(11(7)14)12(15)16/h3-5H,1-2H3,(H,13,14)(H,15,16). The van der Waals surface area contributed by atoms with Gasteiger partial charge in [0.05, 0.1) is 18.0 Å². The molecule has 5 nitrogen and oxygen atoms in total. The molecular formula is C12H11NO4. The highest BCUT2D eigenvalue weighted by Gasteiger charge is 2.13. The topological polar surface area (TPSA) is 79.4 Å². The lowest BCUT2D eigenvalue weighted by molar-refractivity contribution is 0.0695. The average Bonchev–Trinajstić information content (AvgIpc) is 2.28. The summed E-state index contributed by atoms with van der Waals surface area (Å²) in [4.78, 5) is 25.6. The number of rotatable bonds is 2. The van der Waals surface area contributed by atoms with E-state index in [0.29, 0.717) is 16.7 Å². The van der Waals surface area contributed by atoms with Crippen LogP contribution < -0.4 is 10.2 Å². The Morgan fingerprint density at radius 3 is 2.71 bits per heavy atom. The van der Waals surface area contributed by atoms with Gasteiger partial charge in [-0.25, -0.2) is 4.79 Å². The van der Waals surface area contributed by atoms with Gasteiger partial charge < -0.3 is 14.8 Å². The Hall–Kier alpha value is -2.30. The van der Waals surface area contributed by atoms with E-state index in [9.17, 15) is 9.59 Å². The lowest BCUT2D eigenvalue weighted by Gasteiger charge is -2.07. The molecule has 1 heterocycles. The predicted octanol–water partition coefficient (Wildman–Crippen LogP) is 1.54. The second-order valence-electron chi connectivity index (χ2n) is 3.73. The molecule has 0 aliphatic carbocycles. The first-order valence-corrected chi connectivity index (χ1v) is 4.98.